The molecule has 0 saturated carbocycles. The average molecular weight is 453 g/mol. The Balaban J connectivity index is 1.93. The molecule has 29 heavy (non-hydrogen) atoms. The summed E-state index contributed by atoms with van der Waals surface area (Å²) in [6.07, 6.45) is 0. The van der Waals surface area contributed by atoms with E-state index in [0.29, 0.717) is 5.02 Å². The van der Waals surface area contributed by atoms with Gasteiger partial charge in [-0.2, -0.15) is 0 Å². The summed E-state index contributed by atoms with van der Waals surface area (Å²) in [5.74, 6) is -1.19. The third kappa shape index (κ3) is 5.06. The van der Waals surface area contributed by atoms with Gasteiger partial charge >= 0.3 is 0 Å². The fraction of sp³-hybridized carbons (Fsp3) is 0.0500. The van der Waals surface area contributed by atoms with Crippen molar-refractivity contribution in [1.82, 2.24) is 0 Å². The molecule has 3 aromatic rings. The van der Waals surface area contributed by atoms with Crippen LogP contribution < -0.4 is 9.62 Å². The summed E-state index contributed by atoms with van der Waals surface area (Å²) in [4.78, 5) is 12.5. The molecule has 1 N–H and O–H groups in total. The van der Waals surface area contributed by atoms with E-state index in [4.69, 9.17) is 23.2 Å². The Morgan fingerprint density at radius 3 is 2.28 bits per heavy atom. The van der Waals surface area contributed by atoms with E-state index in [1.54, 1.807) is 36.4 Å². The van der Waals surface area contributed by atoms with Gasteiger partial charge < -0.3 is 5.32 Å². The van der Waals surface area contributed by atoms with Crippen LogP contribution in [0.15, 0.2) is 77.7 Å². The second-order valence-electron chi connectivity index (χ2n) is 5.97. The molecular formula is C20H15Cl2FN2O3S. The van der Waals surface area contributed by atoms with E-state index in [1.807, 2.05) is 0 Å². The number of hydrogen-bond donors (Lipinski definition) is 1. The smallest absolute Gasteiger partial charge is 0.264 e. The monoisotopic (exact) mass is 452 g/mol. The Morgan fingerprint density at radius 1 is 0.966 bits per heavy atom. The highest BCUT2D eigenvalue weighted by atomic mass is 35.5. The number of benzene rings is 3. The van der Waals surface area contributed by atoms with E-state index >= 15 is 0 Å². The molecular weight excluding hydrogens is 438 g/mol. The lowest BCUT2D eigenvalue weighted by Gasteiger charge is -2.24. The number of nitrogens with one attached hydrogen (secondary N) is 1. The van der Waals surface area contributed by atoms with Crippen LogP contribution in [0.3, 0.4) is 0 Å². The molecule has 0 heterocycles. The van der Waals surface area contributed by atoms with Crippen molar-refractivity contribution < 1.29 is 17.6 Å². The minimum Gasteiger partial charge on any atom is -0.323 e. The number of carbonyl (C=O) groups excluding carboxylic acids is 1. The van der Waals surface area contributed by atoms with E-state index in [9.17, 15) is 17.6 Å². The quantitative estimate of drug-likeness (QED) is 0.574. The van der Waals surface area contributed by atoms with Crippen LogP contribution in [0.1, 0.15) is 0 Å². The standard InChI is InChI=1S/C20H15Cl2FN2O3S/c21-14-6-11-18(22)19(12-14)24-20(26)13-25(16-4-2-1-3-5-16)29(27,28)17-9-7-15(23)8-10-17/h1-12H,13H2,(H,24,26). The highest BCUT2D eigenvalue weighted by molar-refractivity contribution is 7.92. The number of carbonyl (C=O) groups is 1. The van der Waals surface area contributed by atoms with E-state index in [0.717, 1.165) is 28.6 Å². The maximum atomic E-state index is 13.2. The third-order valence-electron chi connectivity index (χ3n) is 3.94. The lowest BCUT2D eigenvalue weighted by molar-refractivity contribution is -0.114. The molecule has 3 rings (SSSR count). The van der Waals surface area contributed by atoms with Gasteiger partial charge in [0.2, 0.25) is 5.91 Å². The van der Waals surface area contributed by atoms with E-state index in [-0.39, 0.29) is 21.3 Å². The molecule has 0 fully saturated rings. The summed E-state index contributed by atoms with van der Waals surface area (Å²) in [5.41, 5.74) is 0.542. The van der Waals surface area contributed by atoms with Gasteiger partial charge in [0, 0.05) is 5.02 Å². The second-order valence-corrected chi connectivity index (χ2v) is 8.68. The first-order valence-electron chi connectivity index (χ1n) is 8.35. The molecule has 1 amide bonds. The second kappa shape index (κ2) is 8.82. The Kier molecular flexibility index (Phi) is 6.42. The molecule has 150 valence electrons. The number of hydrogen-bond acceptors (Lipinski definition) is 3. The van der Waals surface area contributed by atoms with Crippen molar-refractivity contribution in [3.05, 3.63) is 88.7 Å². The summed E-state index contributed by atoms with van der Waals surface area (Å²) in [7, 11) is -4.13. The SMILES string of the molecule is O=C(CN(c1ccccc1)S(=O)(=O)c1ccc(F)cc1)Nc1cc(Cl)ccc1Cl. The molecule has 0 saturated heterocycles. The molecule has 0 spiro atoms. The lowest BCUT2D eigenvalue weighted by Crippen LogP contribution is -2.38. The molecule has 0 aliphatic rings. The van der Waals surface area contributed by atoms with Crippen LogP contribution in [0.2, 0.25) is 10.0 Å². The van der Waals surface area contributed by atoms with Crippen LogP contribution in [0.25, 0.3) is 0 Å². The summed E-state index contributed by atoms with van der Waals surface area (Å²) in [6.45, 7) is -0.521. The van der Waals surface area contributed by atoms with Gasteiger partial charge in [0.25, 0.3) is 10.0 Å². The van der Waals surface area contributed by atoms with Crippen molar-refractivity contribution in [2.45, 2.75) is 4.90 Å². The van der Waals surface area contributed by atoms with E-state index in [1.165, 1.54) is 12.1 Å². The average Bonchev–Trinajstić information content (AvgIpc) is 2.70. The number of amides is 1. The maximum absolute atomic E-state index is 13.2. The van der Waals surface area contributed by atoms with Crippen LogP contribution in [0.5, 0.6) is 0 Å². The Hall–Kier alpha value is -2.61. The molecule has 0 aliphatic carbocycles. The zero-order valence-corrected chi connectivity index (χ0v) is 17.2. The number of nitrogens with zero attached hydrogens (tertiary/aromatic N) is 1. The fourth-order valence-corrected chi connectivity index (χ4v) is 4.31. The molecule has 0 aromatic heterocycles. The van der Waals surface area contributed by atoms with Crippen LogP contribution in [0.4, 0.5) is 15.8 Å². The number of anilines is 2. The van der Waals surface area contributed by atoms with Gasteiger partial charge in [-0.15, -0.1) is 0 Å². The topological polar surface area (TPSA) is 66.5 Å². The van der Waals surface area contributed by atoms with Gasteiger partial charge in [0.1, 0.15) is 12.4 Å². The Bertz CT molecular complexity index is 1120. The van der Waals surface area contributed by atoms with Gasteiger partial charge in [-0.1, -0.05) is 41.4 Å². The van der Waals surface area contributed by atoms with Crippen LogP contribution in [-0.4, -0.2) is 20.9 Å². The molecule has 3 aromatic carbocycles. The molecule has 0 unspecified atom stereocenters. The Morgan fingerprint density at radius 2 is 1.62 bits per heavy atom. The Labute approximate surface area is 177 Å². The van der Waals surface area contributed by atoms with Gasteiger partial charge in [0.05, 0.1) is 21.3 Å². The number of para-hydroxylation sites is 1. The van der Waals surface area contributed by atoms with Crippen molar-refractivity contribution >= 4 is 50.5 Å². The first-order chi connectivity index (χ1) is 13.8. The lowest BCUT2D eigenvalue weighted by atomic mass is 10.3. The van der Waals surface area contributed by atoms with Gasteiger partial charge in [-0.3, -0.25) is 9.10 Å². The van der Waals surface area contributed by atoms with Crippen molar-refractivity contribution in [2.24, 2.45) is 0 Å². The van der Waals surface area contributed by atoms with Gasteiger partial charge in [0.15, 0.2) is 0 Å². The third-order valence-corrected chi connectivity index (χ3v) is 6.29. The van der Waals surface area contributed by atoms with Crippen LogP contribution >= 0.6 is 23.2 Å². The van der Waals surface area contributed by atoms with E-state index in [2.05, 4.69) is 5.32 Å². The summed E-state index contributed by atoms with van der Waals surface area (Å²) < 4.78 is 40.4. The zero-order chi connectivity index (χ0) is 21.0. The molecule has 0 aliphatic heterocycles. The minimum atomic E-state index is -4.13. The minimum absolute atomic E-state index is 0.142. The van der Waals surface area contributed by atoms with E-state index < -0.39 is 28.3 Å². The van der Waals surface area contributed by atoms with Gasteiger partial charge in [-0.25, -0.2) is 12.8 Å². The zero-order valence-electron chi connectivity index (χ0n) is 14.8. The normalized spacial score (nSPS) is 11.1. The number of sulfonamides is 1. The molecule has 5 nitrogen and oxygen atoms in total. The van der Waals surface area contributed by atoms with Crippen molar-refractivity contribution in [1.29, 1.82) is 0 Å². The molecule has 0 atom stereocenters. The van der Waals surface area contributed by atoms with Crippen molar-refractivity contribution in [3.8, 4) is 0 Å². The summed E-state index contributed by atoms with van der Waals surface area (Å²) >= 11 is 12.0. The van der Waals surface area contributed by atoms with Crippen LogP contribution in [0, 0.1) is 5.82 Å². The summed E-state index contributed by atoms with van der Waals surface area (Å²) in [6, 6.07) is 17.0. The summed E-state index contributed by atoms with van der Waals surface area (Å²) in [5, 5.41) is 3.19. The number of halogens is 3. The largest absolute Gasteiger partial charge is 0.323 e. The van der Waals surface area contributed by atoms with Crippen molar-refractivity contribution in [3.63, 3.8) is 0 Å². The first kappa shape index (κ1) is 21.1. The van der Waals surface area contributed by atoms with Crippen LogP contribution in [-0.2, 0) is 14.8 Å². The highest BCUT2D eigenvalue weighted by Gasteiger charge is 2.27. The van der Waals surface area contributed by atoms with Crippen molar-refractivity contribution in [2.75, 3.05) is 16.2 Å². The maximum Gasteiger partial charge on any atom is 0.264 e. The molecule has 9 heteroatoms. The van der Waals surface area contributed by atoms with Gasteiger partial charge in [-0.05, 0) is 54.6 Å². The fourth-order valence-electron chi connectivity index (χ4n) is 2.56. The first-order valence-corrected chi connectivity index (χ1v) is 10.6. The molecule has 0 bridgehead atoms. The highest BCUT2D eigenvalue weighted by Crippen LogP contribution is 2.27. The predicted molar refractivity (Wildman–Crippen MR) is 112 cm³/mol. The number of rotatable bonds is 6. The molecule has 0 radical (unpaired) electrons. The predicted octanol–water partition coefficient (Wildman–Crippen LogP) is 4.97.